The van der Waals surface area contributed by atoms with Crippen LogP contribution in [0.5, 0.6) is 0 Å². The first-order valence-corrected chi connectivity index (χ1v) is 8.00. The van der Waals surface area contributed by atoms with Crippen LogP contribution in [-0.2, 0) is 0 Å². The zero-order valence-corrected chi connectivity index (χ0v) is 14.4. The van der Waals surface area contributed by atoms with E-state index in [1.807, 2.05) is 30.3 Å². The summed E-state index contributed by atoms with van der Waals surface area (Å²) < 4.78 is 0.364. The van der Waals surface area contributed by atoms with Crippen molar-refractivity contribution in [2.45, 2.75) is 0 Å². The molecule has 3 aromatic rings. The fourth-order valence-corrected chi connectivity index (χ4v) is 2.98. The SMILES string of the molecule is N#Cc1c(N)ncc(-c2ccccc2)c1-c1ccc(Br)c([N+](=O)[O-])c1. The fourth-order valence-electron chi connectivity index (χ4n) is 2.58. The Morgan fingerprint density at radius 3 is 2.52 bits per heavy atom. The molecule has 0 amide bonds. The second kappa shape index (κ2) is 6.71. The number of nitriles is 1. The molecule has 2 aromatic carbocycles. The molecule has 2 N–H and O–H groups in total. The summed E-state index contributed by atoms with van der Waals surface area (Å²) in [6, 6.07) is 16.2. The predicted molar refractivity (Wildman–Crippen MR) is 98.6 cm³/mol. The Morgan fingerprint density at radius 1 is 1.16 bits per heavy atom. The van der Waals surface area contributed by atoms with Crippen LogP contribution in [0.25, 0.3) is 22.3 Å². The Labute approximate surface area is 151 Å². The number of benzene rings is 2. The highest BCUT2D eigenvalue weighted by atomic mass is 79.9. The zero-order valence-electron chi connectivity index (χ0n) is 12.8. The van der Waals surface area contributed by atoms with E-state index in [2.05, 4.69) is 27.0 Å². The normalized spacial score (nSPS) is 10.2. The largest absolute Gasteiger partial charge is 0.383 e. The highest BCUT2D eigenvalue weighted by Gasteiger charge is 2.20. The van der Waals surface area contributed by atoms with E-state index >= 15 is 0 Å². The third-order valence-corrected chi connectivity index (χ3v) is 4.41. The van der Waals surface area contributed by atoms with E-state index in [4.69, 9.17) is 5.73 Å². The summed E-state index contributed by atoms with van der Waals surface area (Å²) >= 11 is 3.17. The summed E-state index contributed by atoms with van der Waals surface area (Å²) in [5, 5.41) is 20.8. The monoisotopic (exact) mass is 394 g/mol. The van der Waals surface area contributed by atoms with Gasteiger partial charge in [0.25, 0.3) is 5.69 Å². The van der Waals surface area contributed by atoms with Crippen LogP contribution < -0.4 is 5.73 Å². The lowest BCUT2D eigenvalue weighted by atomic mass is 9.92. The minimum Gasteiger partial charge on any atom is -0.383 e. The number of rotatable bonds is 3. The second-order valence-corrected chi connectivity index (χ2v) is 6.06. The maximum Gasteiger partial charge on any atom is 0.284 e. The molecule has 1 heterocycles. The third kappa shape index (κ3) is 3.07. The molecule has 6 nitrogen and oxygen atoms in total. The lowest BCUT2D eigenvalue weighted by molar-refractivity contribution is -0.385. The predicted octanol–water partition coefficient (Wildman–Crippen LogP) is 4.54. The Kier molecular flexibility index (Phi) is 4.46. The Bertz CT molecular complexity index is 1010. The van der Waals surface area contributed by atoms with Gasteiger partial charge < -0.3 is 5.73 Å². The summed E-state index contributed by atoms with van der Waals surface area (Å²) in [5.74, 6) is 0.0859. The van der Waals surface area contributed by atoms with Gasteiger partial charge in [-0.1, -0.05) is 36.4 Å². The van der Waals surface area contributed by atoms with Gasteiger partial charge in [-0.05, 0) is 33.1 Å². The van der Waals surface area contributed by atoms with Gasteiger partial charge in [-0.25, -0.2) is 4.98 Å². The first kappa shape index (κ1) is 16.6. The minimum atomic E-state index is -0.480. The second-order valence-electron chi connectivity index (χ2n) is 5.21. The topological polar surface area (TPSA) is 106 Å². The molecule has 3 rings (SSSR count). The van der Waals surface area contributed by atoms with Crippen LogP contribution in [0.15, 0.2) is 59.2 Å². The molecular weight excluding hydrogens is 384 g/mol. The maximum atomic E-state index is 11.3. The molecule has 122 valence electrons. The van der Waals surface area contributed by atoms with Crippen molar-refractivity contribution >= 4 is 27.4 Å². The van der Waals surface area contributed by atoms with Gasteiger partial charge in [0.05, 0.1) is 9.40 Å². The molecule has 0 fully saturated rings. The molecule has 0 aliphatic rings. The van der Waals surface area contributed by atoms with Gasteiger partial charge in [0, 0.05) is 23.4 Å². The number of nitrogen functional groups attached to an aromatic ring is 1. The Balaban J connectivity index is 2.35. The number of hydrogen-bond donors (Lipinski definition) is 1. The summed E-state index contributed by atoms with van der Waals surface area (Å²) in [7, 11) is 0. The summed E-state index contributed by atoms with van der Waals surface area (Å²) in [6.45, 7) is 0. The van der Waals surface area contributed by atoms with Crippen LogP contribution in [0.3, 0.4) is 0 Å². The van der Waals surface area contributed by atoms with Crippen LogP contribution in [-0.4, -0.2) is 9.91 Å². The smallest absolute Gasteiger partial charge is 0.284 e. The number of halogens is 1. The van der Waals surface area contributed by atoms with E-state index in [1.165, 1.54) is 6.07 Å². The van der Waals surface area contributed by atoms with Crippen molar-refractivity contribution in [2.24, 2.45) is 0 Å². The van der Waals surface area contributed by atoms with Crippen molar-refractivity contribution < 1.29 is 4.92 Å². The average molecular weight is 395 g/mol. The van der Waals surface area contributed by atoms with Gasteiger partial charge in [-0.2, -0.15) is 5.26 Å². The number of pyridine rings is 1. The van der Waals surface area contributed by atoms with E-state index in [9.17, 15) is 15.4 Å². The minimum absolute atomic E-state index is 0.0859. The molecule has 0 atom stereocenters. The molecule has 0 bridgehead atoms. The first-order valence-electron chi connectivity index (χ1n) is 7.21. The molecule has 25 heavy (non-hydrogen) atoms. The van der Waals surface area contributed by atoms with Crippen LogP contribution in [0.2, 0.25) is 0 Å². The van der Waals surface area contributed by atoms with Crippen LogP contribution >= 0.6 is 15.9 Å². The van der Waals surface area contributed by atoms with Gasteiger partial charge in [0.2, 0.25) is 0 Å². The maximum absolute atomic E-state index is 11.3. The molecule has 0 unspecified atom stereocenters. The average Bonchev–Trinajstić information content (AvgIpc) is 2.62. The number of anilines is 1. The van der Waals surface area contributed by atoms with Crippen LogP contribution in [0.1, 0.15) is 5.56 Å². The van der Waals surface area contributed by atoms with Crippen LogP contribution in [0, 0.1) is 21.4 Å². The van der Waals surface area contributed by atoms with E-state index in [-0.39, 0.29) is 17.1 Å². The molecule has 1 aromatic heterocycles. The van der Waals surface area contributed by atoms with Gasteiger partial charge in [0.1, 0.15) is 17.5 Å². The Hall–Kier alpha value is -3.24. The number of aromatic nitrogens is 1. The summed E-state index contributed by atoms with van der Waals surface area (Å²) in [4.78, 5) is 14.9. The quantitative estimate of drug-likeness (QED) is 0.518. The van der Waals surface area contributed by atoms with Crippen molar-refractivity contribution in [3.8, 4) is 28.3 Å². The summed E-state index contributed by atoms with van der Waals surface area (Å²) in [5.41, 5.74) is 8.55. The van der Waals surface area contributed by atoms with Gasteiger partial charge in [-0.15, -0.1) is 0 Å². The van der Waals surface area contributed by atoms with Crippen molar-refractivity contribution in [3.63, 3.8) is 0 Å². The lowest BCUT2D eigenvalue weighted by Crippen LogP contribution is -2.00. The van der Waals surface area contributed by atoms with Gasteiger partial charge >= 0.3 is 0 Å². The van der Waals surface area contributed by atoms with Gasteiger partial charge in [0.15, 0.2) is 0 Å². The molecule has 0 saturated carbocycles. The Morgan fingerprint density at radius 2 is 1.88 bits per heavy atom. The number of nitrogens with zero attached hydrogens (tertiary/aromatic N) is 3. The van der Waals surface area contributed by atoms with E-state index in [0.717, 1.165) is 5.56 Å². The van der Waals surface area contributed by atoms with Crippen molar-refractivity contribution in [1.82, 2.24) is 4.98 Å². The van der Waals surface area contributed by atoms with Gasteiger partial charge in [-0.3, -0.25) is 10.1 Å². The highest BCUT2D eigenvalue weighted by Crippen LogP contribution is 2.39. The third-order valence-electron chi connectivity index (χ3n) is 3.74. The molecule has 0 aliphatic heterocycles. The number of nitro groups is 1. The van der Waals surface area contributed by atoms with E-state index in [0.29, 0.717) is 21.2 Å². The zero-order chi connectivity index (χ0) is 18.0. The lowest BCUT2D eigenvalue weighted by Gasteiger charge is -2.13. The molecular formula is C18H11BrN4O2. The van der Waals surface area contributed by atoms with E-state index in [1.54, 1.807) is 18.3 Å². The number of nitrogens with two attached hydrogens (primary N) is 1. The molecule has 0 spiro atoms. The van der Waals surface area contributed by atoms with Crippen molar-refractivity contribution in [1.29, 1.82) is 5.26 Å². The van der Waals surface area contributed by atoms with Crippen molar-refractivity contribution in [2.75, 3.05) is 5.73 Å². The molecule has 0 saturated heterocycles. The van der Waals surface area contributed by atoms with E-state index < -0.39 is 4.92 Å². The standard InChI is InChI=1S/C18H11BrN4O2/c19-15-7-6-12(8-16(15)23(24)25)17-13(9-20)18(21)22-10-14(17)11-4-2-1-3-5-11/h1-8,10H,(H2,21,22). The number of nitro benzene ring substituents is 1. The number of hydrogen-bond acceptors (Lipinski definition) is 5. The first-order chi connectivity index (χ1) is 12.0. The van der Waals surface area contributed by atoms with Crippen LogP contribution in [0.4, 0.5) is 11.5 Å². The molecule has 0 radical (unpaired) electrons. The van der Waals surface area contributed by atoms with Crippen molar-refractivity contribution in [3.05, 3.63) is 74.9 Å². The molecule has 7 heteroatoms. The summed E-state index contributed by atoms with van der Waals surface area (Å²) in [6.07, 6.45) is 1.58. The fraction of sp³-hybridized carbons (Fsp3) is 0. The highest BCUT2D eigenvalue weighted by molar-refractivity contribution is 9.10. The molecule has 0 aliphatic carbocycles.